The van der Waals surface area contributed by atoms with E-state index in [-0.39, 0.29) is 35.6 Å². The van der Waals surface area contributed by atoms with Crippen molar-refractivity contribution in [3.05, 3.63) is 58.9 Å². The van der Waals surface area contributed by atoms with Crippen molar-refractivity contribution in [1.82, 2.24) is 25.8 Å². The maximum Gasteiger partial charge on any atom is 0.245 e. The summed E-state index contributed by atoms with van der Waals surface area (Å²) >= 11 is 6.12. The van der Waals surface area contributed by atoms with Gasteiger partial charge in [-0.15, -0.1) is 0 Å². The Balaban J connectivity index is 1.43. The molecule has 0 aromatic heterocycles. The molecule has 4 unspecified atom stereocenters. The van der Waals surface area contributed by atoms with Crippen LogP contribution in [0.25, 0.3) is 0 Å². The molecule has 218 valence electrons. The van der Waals surface area contributed by atoms with Crippen LogP contribution >= 0.6 is 11.6 Å². The molecule has 3 amide bonds. The summed E-state index contributed by atoms with van der Waals surface area (Å²) in [7, 11) is 1.65. The number of hydrogen-bond donors (Lipinski definition) is 3. The van der Waals surface area contributed by atoms with E-state index in [0.717, 1.165) is 31.4 Å². The van der Waals surface area contributed by atoms with Crippen LogP contribution in [0.15, 0.2) is 47.5 Å². The predicted octanol–water partition coefficient (Wildman–Crippen LogP) is 2.73. The fourth-order valence-electron chi connectivity index (χ4n) is 5.93. The summed E-state index contributed by atoms with van der Waals surface area (Å²) in [6.07, 6.45) is 9.52. The maximum atomic E-state index is 13.9. The minimum atomic E-state index is -0.735. The van der Waals surface area contributed by atoms with E-state index >= 15 is 0 Å². The number of allylic oxidation sites excluding steroid dienone is 3. The Kier molecular flexibility index (Phi) is 10.4. The minimum Gasteiger partial charge on any atom is -0.358 e. The number of benzene rings is 1. The second kappa shape index (κ2) is 13.7. The average Bonchev–Trinajstić information content (AvgIpc) is 3.52. The standard InChI is InChI=1S/C30H41ClFN5O3/c1-3-24-20-36(16-14-30(29(40)33-2)12-10-22(31)11-13-30)17-18-37(24)28(39)26(19-21-6-8-23(32)9-7-21)35-27(38)25-5-4-15-34-25/h6-12,24-26,34H,3-5,13-20H2,1-2H3,(H,33,40)(H,35,38). The number of rotatable bonds is 10. The van der Waals surface area contributed by atoms with Gasteiger partial charge in [-0.25, -0.2) is 4.39 Å². The minimum absolute atomic E-state index is 0.0225. The van der Waals surface area contributed by atoms with Crippen LogP contribution in [0.5, 0.6) is 0 Å². The highest BCUT2D eigenvalue weighted by Gasteiger charge is 2.38. The quantitative estimate of drug-likeness (QED) is 0.400. The molecule has 3 N–H and O–H groups in total. The van der Waals surface area contributed by atoms with E-state index in [0.29, 0.717) is 50.5 Å². The molecule has 1 aromatic carbocycles. The highest BCUT2D eigenvalue weighted by molar-refractivity contribution is 6.31. The Labute approximate surface area is 241 Å². The topological polar surface area (TPSA) is 93.8 Å². The second-order valence-electron chi connectivity index (χ2n) is 11.0. The van der Waals surface area contributed by atoms with Gasteiger partial charge in [0.05, 0.1) is 11.5 Å². The van der Waals surface area contributed by atoms with E-state index in [1.54, 1.807) is 25.3 Å². The van der Waals surface area contributed by atoms with E-state index in [1.165, 1.54) is 12.1 Å². The van der Waals surface area contributed by atoms with Crippen LogP contribution in [0.1, 0.15) is 44.6 Å². The lowest BCUT2D eigenvalue weighted by Crippen LogP contribution is -2.61. The van der Waals surface area contributed by atoms with Crippen LogP contribution in [0.3, 0.4) is 0 Å². The number of nitrogens with one attached hydrogen (secondary N) is 3. The summed E-state index contributed by atoms with van der Waals surface area (Å²) in [4.78, 5) is 43.9. The first-order valence-corrected chi connectivity index (χ1v) is 14.7. The van der Waals surface area contributed by atoms with Gasteiger partial charge in [-0.2, -0.15) is 0 Å². The molecule has 3 aliphatic rings. The van der Waals surface area contributed by atoms with E-state index in [4.69, 9.17) is 11.6 Å². The molecule has 4 rings (SSSR count). The number of nitrogens with zero attached hydrogens (tertiary/aromatic N) is 2. The lowest BCUT2D eigenvalue weighted by molar-refractivity contribution is -0.141. The van der Waals surface area contributed by atoms with Crippen molar-refractivity contribution in [1.29, 1.82) is 0 Å². The number of hydrogen-bond acceptors (Lipinski definition) is 5. The summed E-state index contributed by atoms with van der Waals surface area (Å²) in [5.74, 6) is -0.645. The number of carbonyl (C=O) groups is 3. The molecule has 10 heteroatoms. The first-order valence-electron chi connectivity index (χ1n) is 14.3. The van der Waals surface area contributed by atoms with Crippen molar-refractivity contribution < 1.29 is 18.8 Å². The zero-order valence-corrected chi connectivity index (χ0v) is 24.2. The van der Waals surface area contributed by atoms with Crippen LogP contribution in [0.2, 0.25) is 0 Å². The van der Waals surface area contributed by atoms with Gasteiger partial charge in [0.25, 0.3) is 0 Å². The molecule has 2 fully saturated rings. The third-order valence-electron chi connectivity index (χ3n) is 8.44. The summed E-state index contributed by atoms with van der Waals surface area (Å²) in [6.45, 7) is 5.46. The molecular formula is C30H41ClFN5O3. The highest BCUT2D eigenvalue weighted by Crippen LogP contribution is 2.35. The van der Waals surface area contributed by atoms with Crippen molar-refractivity contribution in [2.75, 3.05) is 39.8 Å². The molecular weight excluding hydrogens is 533 g/mol. The Morgan fingerprint density at radius 1 is 1.23 bits per heavy atom. The average molecular weight is 574 g/mol. The Morgan fingerprint density at radius 3 is 2.62 bits per heavy atom. The summed E-state index contributed by atoms with van der Waals surface area (Å²) < 4.78 is 13.5. The van der Waals surface area contributed by atoms with Gasteiger partial charge in [0.15, 0.2) is 0 Å². The van der Waals surface area contributed by atoms with Gasteiger partial charge in [0.1, 0.15) is 11.9 Å². The van der Waals surface area contributed by atoms with Crippen LogP contribution < -0.4 is 16.0 Å². The molecule has 0 saturated carbocycles. The molecule has 0 bridgehead atoms. The normalized spacial score (nSPS) is 25.8. The molecule has 4 atom stereocenters. The molecule has 8 nitrogen and oxygen atoms in total. The van der Waals surface area contributed by atoms with Gasteiger partial charge < -0.3 is 20.9 Å². The van der Waals surface area contributed by atoms with Crippen LogP contribution in [-0.2, 0) is 20.8 Å². The monoisotopic (exact) mass is 573 g/mol. The van der Waals surface area contributed by atoms with Gasteiger partial charge in [-0.3, -0.25) is 19.3 Å². The molecule has 0 radical (unpaired) electrons. The first kappa shape index (κ1) is 30.2. The van der Waals surface area contributed by atoms with Crippen LogP contribution in [0.4, 0.5) is 4.39 Å². The smallest absolute Gasteiger partial charge is 0.245 e. The third-order valence-corrected chi connectivity index (χ3v) is 8.72. The maximum absolute atomic E-state index is 13.9. The molecule has 1 aromatic rings. The molecule has 2 heterocycles. The van der Waals surface area contributed by atoms with Crippen molar-refractivity contribution >= 4 is 29.3 Å². The highest BCUT2D eigenvalue weighted by atomic mass is 35.5. The van der Waals surface area contributed by atoms with E-state index < -0.39 is 11.5 Å². The zero-order valence-electron chi connectivity index (χ0n) is 23.4. The Morgan fingerprint density at radius 2 is 2.00 bits per heavy atom. The van der Waals surface area contributed by atoms with E-state index in [9.17, 15) is 18.8 Å². The van der Waals surface area contributed by atoms with Crippen molar-refractivity contribution in [2.24, 2.45) is 5.41 Å². The van der Waals surface area contributed by atoms with Crippen molar-refractivity contribution in [3.8, 4) is 0 Å². The first-order chi connectivity index (χ1) is 19.2. The van der Waals surface area contributed by atoms with Gasteiger partial charge in [-0.1, -0.05) is 42.8 Å². The van der Waals surface area contributed by atoms with Gasteiger partial charge in [0.2, 0.25) is 17.7 Å². The summed E-state index contributed by atoms with van der Waals surface area (Å²) in [5.41, 5.74) is 0.154. The third kappa shape index (κ3) is 7.30. The molecule has 2 aliphatic heterocycles. The lowest BCUT2D eigenvalue weighted by atomic mass is 9.77. The van der Waals surface area contributed by atoms with E-state index in [1.807, 2.05) is 17.1 Å². The zero-order chi connectivity index (χ0) is 28.7. The van der Waals surface area contributed by atoms with Gasteiger partial charge in [-0.05, 0) is 69.0 Å². The number of halogens is 2. The van der Waals surface area contributed by atoms with Gasteiger partial charge in [0, 0.05) is 44.2 Å². The summed E-state index contributed by atoms with van der Waals surface area (Å²) in [5, 5.41) is 9.64. The molecule has 1 aliphatic carbocycles. The largest absolute Gasteiger partial charge is 0.358 e. The molecule has 2 saturated heterocycles. The SMILES string of the molecule is CCC1CN(CCC2(C(=O)NC)C=CC(Cl)=CC2)CCN1C(=O)C(Cc1ccc(F)cc1)NC(=O)C1CCCN1. The fourth-order valence-corrected chi connectivity index (χ4v) is 6.07. The van der Waals surface area contributed by atoms with Crippen LogP contribution in [0, 0.1) is 11.2 Å². The van der Waals surface area contributed by atoms with E-state index in [2.05, 4.69) is 27.8 Å². The molecule has 0 spiro atoms. The Bertz CT molecular complexity index is 1120. The van der Waals surface area contributed by atoms with Crippen LogP contribution in [-0.4, -0.2) is 85.4 Å². The predicted molar refractivity (Wildman–Crippen MR) is 154 cm³/mol. The number of piperazine rings is 1. The second-order valence-corrected chi connectivity index (χ2v) is 11.5. The van der Waals surface area contributed by atoms with Crippen molar-refractivity contribution in [2.45, 2.75) is 63.6 Å². The number of amides is 3. The fraction of sp³-hybridized carbons (Fsp3) is 0.567. The van der Waals surface area contributed by atoms with Gasteiger partial charge >= 0.3 is 0 Å². The molecule has 40 heavy (non-hydrogen) atoms. The number of carbonyl (C=O) groups excluding carboxylic acids is 3. The Hall–Kier alpha value is -2.75. The van der Waals surface area contributed by atoms with Crippen molar-refractivity contribution in [3.63, 3.8) is 0 Å². The summed E-state index contributed by atoms with van der Waals surface area (Å²) in [6, 6.07) is 5.02. The lowest BCUT2D eigenvalue weighted by Gasteiger charge is -2.43.